The first-order chi connectivity index (χ1) is 5.15. The number of rotatable bonds is 1. The molecule has 0 unspecified atom stereocenters. The van der Waals surface area contributed by atoms with Crippen LogP contribution in [0, 0.1) is 20.8 Å². The molecule has 0 heterocycles. The molecule has 0 fully saturated rings. The van der Waals surface area contributed by atoms with Crippen LogP contribution in [0.15, 0.2) is 17.0 Å². The van der Waals surface area contributed by atoms with E-state index in [0.717, 1.165) is 16.0 Å². The summed E-state index contributed by atoms with van der Waals surface area (Å²) in [5, 5.41) is 0. The number of hydrogen-bond acceptors (Lipinski definition) is 1. The molecule has 0 aliphatic carbocycles. The fourth-order valence-electron chi connectivity index (χ4n) is 1.02. The van der Waals surface area contributed by atoms with Crippen molar-refractivity contribution in [3.05, 3.63) is 28.8 Å². The van der Waals surface area contributed by atoms with E-state index in [1.54, 1.807) is 0 Å². The van der Waals surface area contributed by atoms with Gasteiger partial charge in [0.05, 0.1) is 12.1 Å². The molecule has 1 aromatic rings. The molecule has 1 aromatic carbocycles. The first-order valence-corrected chi connectivity index (χ1v) is 4.23. The van der Waals surface area contributed by atoms with Gasteiger partial charge in [0, 0.05) is 4.90 Å². The van der Waals surface area contributed by atoms with Crippen LogP contribution in [0.5, 0.6) is 0 Å². The van der Waals surface area contributed by atoms with Crippen LogP contribution in [0.4, 0.5) is 3.89 Å². The van der Waals surface area contributed by atoms with Gasteiger partial charge in [-0.1, -0.05) is 6.07 Å². The minimum absolute atomic E-state index is 0.318. The lowest BCUT2D eigenvalue weighted by Gasteiger charge is -2.04. The van der Waals surface area contributed by atoms with Crippen LogP contribution in [0.3, 0.4) is 0 Å². The Labute approximate surface area is 71.1 Å². The molecule has 0 N–H and O–H groups in total. The van der Waals surface area contributed by atoms with Crippen molar-refractivity contribution in [1.82, 2.24) is 0 Å². The molecule has 1 rings (SSSR count). The molecule has 0 aliphatic rings. The quantitative estimate of drug-likeness (QED) is 0.620. The second kappa shape index (κ2) is 3.26. The molecule has 60 valence electrons. The first kappa shape index (κ1) is 8.60. The van der Waals surface area contributed by atoms with Gasteiger partial charge in [0.15, 0.2) is 0 Å². The largest absolute Gasteiger partial charge is 0.160 e. The van der Waals surface area contributed by atoms with Crippen LogP contribution < -0.4 is 0 Å². The average molecular weight is 170 g/mol. The molecule has 0 radical (unpaired) electrons. The highest BCUT2D eigenvalue weighted by Gasteiger charge is 2.01. The summed E-state index contributed by atoms with van der Waals surface area (Å²) in [5.74, 6) is 0. The highest BCUT2D eigenvalue weighted by Crippen LogP contribution is 2.25. The summed E-state index contributed by atoms with van der Waals surface area (Å²) in [6.45, 7) is 5.96. The Hall–Kier alpha value is -0.500. The lowest BCUT2D eigenvalue weighted by Crippen LogP contribution is -1.84. The first-order valence-electron chi connectivity index (χ1n) is 3.51. The summed E-state index contributed by atoms with van der Waals surface area (Å²) in [6.07, 6.45) is 0. The maximum atomic E-state index is 12.2. The van der Waals surface area contributed by atoms with Crippen molar-refractivity contribution < 1.29 is 3.89 Å². The van der Waals surface area contributed by atoms with Crippen LogP contribution in [0.1, 0.15) is 16.7 Å². The van der Waals surface area contributed by atoms with Gasteiger partial charge in [-0.2, -0.15) is 3.89 Å². The molecule has 0 bridgehead atoms. The Bertz CT molecular complexity index is 269. The molecule has 0 saturated heterocycles. The van der Waals surface area contributed by atoms with Crippen molar-refractivity contribution in [1.29, 1.82) is 0 Å². The third-order valence-corrected chi connectivity index (χ3v) is 2.48. The zero-order valence-electron chi connectivity index (χ0n) is 6.94. The van der Waals surface area contributed by atoms with Crippen molar-refractivity contribution in [3.63, 3.8) is 0 Å². The van der Waals surface area contributed by atoms with Crippen LogP contribution in [-0.4, -0.2) is 0 Å². The van der Waals surface area contributed by atoms with Crippen LogP contribution >= 0.6 is 12.1 Å². The molecule has 0 aromatic heterocycles. The number of benzene rings is 1. The zero-order valence-corrected chi connectivity index (χ0v) is 7.76. The normalized spacial score (nSPS) is 10.2. The fraction of sp³-hybridized carbons (Fsp3) is 0.333. The number of aryl methyl sites for hydroxylation is 3. The third kappa shape index (κ3) is 1.74. The van der Waals surface area contributed by atoms with Gasteiger partial charge < -0.3 is 0 Å². The highest BCUT2D eigenvalue weighted by atomic mass is 32.2. The van der Waals surface area contributed by atoms with Crippen LogP contribution in [-0.2, 0) is 0 Å². The second-order valence-electron chi connectivity index (χ2n) is 2.78. The summed E-state index contributed by atoms with van der Waals surface area (Å²) in [6, 6.07) is 3.90. The topological polar surface area (TPSA) is 0 Å². The summed E-state index contributed by atoms with van der Waals surface area (Å²) in [4.78, 5) is 0.730. The van der Waals surface area contributed by atoms with E-state index in [0.29, 0.717) is 12.1 Å². The van der Waals surface area contributed by atoms with Gasteiger partial charge in [0.2, 0.25) is 0 Å². The Balaban J connectivity index is 3.21. The molecule has 0 aliphatic heterocycles. The van der Waals surface area contributed by atoms with E-state index in [4.69, 9.17) is 0 Å². The third-order valence-electron chi connectivity index (χ3n) is 1.87. The van der Waals surface area contributed by atoms with Gasteiger partial charge in [0.25, 0.3) is 0 Å². The second-order valence-corrected chi connectivity index (χ2v) is 3.37. The van der Waals surface area contributed by atoms with E-state index in [1.807, 2.05) is 32.9 Å². The fourth-order valence-corrected chi connectivity index (χ4v) is 1.42. The molecule has 0 spiro atoms. The van der Waals surface area contributed by atoms with Gasteiger partial charge in [-0.15, -0.1) is 0 Å². The van der Waals surface area contributed by atoms with Gasteiger partial charge in [-0.25, -0.2) is 0 Å². The molecule has 0 atom stereocenters. The van der Waals surface area contributed by atoms with E-state index in [-0.39, 0.29) is 0 Å². The molecular formula is C9H11FS. The van der Waals surface area contributed by atoms with Crippen molar-refractivity contribution in [2.24, 2.45) is 0 Å². The molecule has 11 heavy (non-hydrogen) atoms. The minimum atomic E-state index is 0.318. The predicted octanol–water partition coefficient (Wildman–Crippen LogP) is 3.59. The van der Waals surface area contributed by atoms with Gasteiger partial charge >= 0.3 is 0 Å². The van der Waals surface area contributed by atoms with Crippen molar-refractivity contribution in [2.75, 3.05) is 0 Å². The van der Waals surface area contributed by atoms with Crippen molar-refractivity contribution in [3.8, 4) is 0 Å². The Morgan fingerprint density at radius 1 is 1.00 bits per heavy atom. The maximum absolute atomic E-state index is 12.2. The van der Waals surface area contributed by atoms with Gasteiger partial charge in [-0.3, -0.25) is 0 Å². The van der Waals surface area contributed by atoms with E-state index >= 15 is 0 Å². The number of hydrogen-bond donors (Lipinski definition) is 0. The summed E-state index contributed by atoms with van der Waals surface area (Å²) in [7, 11) is 0. The summed E-state index contributed by atoms with van der Waals surface area (Å²) < 4.78 is 12.2. The molecule has 0 saturated carbocycles. The average Bonchev–Trinajstić information content (AvgIpc) is 1.97. The minimum Gasteiger partial charge on any atom is -0.160 e. The standard InChI is InChI=1S/C9H11FS/c1-6-4-8(3)9(11-10)5-7(6)2/h4-5H,1-3H3. The van der Waals surface area contributed by atoms with E-state index in [1.165, 1.54) is 5.56 Å². The predicted molar refractivity (Wildman–Crippen MR) is 47.6 cm³/mol. The van der Waals surface area contributed by atoms with Crippen molar-refractivity contribution >= 4 is 12.1 Å². The summed E-state index contributed by atoms with van der Waals surface area (Å²) in [5.41, 5.74) is 3.39. The molecular weight excluding hydrogens is 159 g/mol. The van der Waals surface area contributed by atoms with E-state index in [2.05, 4.69) is 0 Å². The lowest BCUT2D eigenvalue weighted by atomic mass is 10.1. The Morgan fingerprint density at radius 3 is 2.09 bits per heavy atom. The van der Waals surface area contributed by atoms with Gasteiger partial charge in [0.1, 0.15) is 0 Å². The van der Waals surface area contributed by atoms with Crippen LogP contribution in [0.2, 0.25) is 0 Å². The lowest BCUT2D eigenvalue weighted by molar-refractivity contribution is 0.930. The number of halogens is 1. The summed E-state index contributed by atoms with van der Waals surface area (Å²) >= 11 is 0.318. The molecule has 0 amide bonds. The van der Waals surface area contributed by atoms with E-state index in [9.17, 15) is 3.89 Å². The van der Waals surface area contributed by atoms with Crippen LogP contribution in [0.25, 0.3) is 0 Å². The monoisotopic (exact) mass is 170 g/mol. The zero-order chi connectivity index (χ0) is 8.43. The smallest absolute Gasteiger partial charge is 0.0815 e. The van der Waals surface area contributed by atoms with E-state index < -0.39 is 0 Å². The van der Waals surface area contributed by atoms with Gasteiger partial charge in [-0.05, 0) is 43.5 Å². The Kier molecular flexibility index (Phi) is 2.55. The molecule has 2 heteroatoms. The highest BCUT2D eigenvalue weighted by molar-refractivity contribution is 7.94. The Morgan fingerprint density at radius 2 is 1.55 bits per heavy atom. The molecule has 0 nitrogen and oxygen atoms in total. The SMILES string of the molecule is Cc1cc(C)c(SF)cc1C. The maximum Gasteiger partial charge on any atom is 0.0815 e. The van der Waals surface area contributed by atoms with Crippen molar-refractivity contribution in [2.45, 2.75) is 25.7 Å².